The number of aromatic nitrogens is 1. The molecule has 8 aromatic carbocycles. The molecule has 0 fully saturated rings. The van der Waals surface area contributed by atoms with E-state index in [1.54, 1.807) is 0 Å². The van der Waals surface area contributed by atoms with E-state index in [2.05, 4.69) is 132 Å². The van der Waals surface area contributed by atoms with E-state index in [0.717, 1.165) is 66.8 Å². The van der Waals surface area contributed by atoms with Gasteiger partial charge in [-0.2, -0.15) is 0 Å². The SMILES string of the molecule is c1ccc(-c2nc3cccc(-c4ccc(N(c5ccc(-c6cccc7ccccc67)cc5)c5ccc6c(c5)oc5ccccc56)cc4)c3o2)cc1. The first-order chi connectivity index (χ1) is 25.3. The fraction of sp³-hybridized carbons (Fsp3) is 0. The fourth-order valence-corrected chi connectivity index (χ4v) is 7.24. The first-order valence-electron chi connectivity index (χ1n) is 17.1. The number of para-hydroxylation sites is 2. The third kappa shape index (κ3) is 5.04. The van der Waals surface area contributed by atoms with Gasteiger partial charge < -0.3 is 13.7 Å². The summed E-state index contributed by atoms with van der Waals surface area (Å²) in [5, 5.41) is 4.70. The van der Waals surface area contributed by atoms with Crippen LogP contribution >= 0.6 is 0 Å². The van der Waals surface area contributed by atoms with Gasteiger partial charge in [0, 0.05) is 45.0 Å². The maximum atomic E-state index is 6.36. The molecular formula is C47H30N2O2. The second-order valence-corrected chi connectivity index (χ2v) is 12.8. The third-order valence-electron chi connectivity index (χ3n) is 9.72. The molecule has 0 aliphatic rings. The van der Waals surface area contributed by atoms with Crippen molar-refractivity contribution in [2.24, 2.45) is 0 Å². The Morgan fingerprint density at radius 2 is 1.00 bits per heavy atom. The molecule has 0 aliphatic heterocycles. The van der Waals surface area contributed by atoms with Crippen molar-refractivity contribution in [3.05, 3.63) is 182 Å². The van der Waals surface area contributed by atoms with Crippen LogP contribution in [0.5, 0.6) is 0 Å². The van der Waals surface area contributed by atoms with Gasteiger partial charge in [0.2, 0.25) is 5.89 Å². The molecule has 2 heterocycles. The number of nitrogens with zero attached hydrogens (tertiary/aromatic N) is 2. The van der Waals surface area contributed by atoms with Crippen LogP contribution in [0, 0.1) is 0 Å². The molecule has 0 spiro atoms. The van der Waals surface area contributed by atoms with Crippen molar-refractivity contribution in [1.29, 1.82) is 0 Å². The lowest BCUT2D eigenvalue weighted by atomic mass is 9.98. The summed E-state index contributed by atoms with van der Waals surface area (Å²) >= 11 is 0. The molecule has 51 heavy (non-hydrogen) atoms. The minimum atomic E-state index is 0.619. The summed E-state index contributed by atoms with van der Waals surface area (Å²) in [4.78, 5) is 7.08. The number of furan rings is 1. The number of hydrogen-bond acceptors (Lipinski definition) is 4. The maximum Gasteiger partial charge on any atom is 0.227 e. The second-order valence-electron chi connectivity index (χ2n) is 12.8. The highest BCUT2D eigenvalue weighted by Gasteiger charge is 2.18. The van der Waals surface area contributed by atoms with Crippen molar-refractivity contribution in [2.75, 3.05) is 4.90 Å². The quantitative estimate of drug-likeness (QED) is 0.179. The van der Waals surface area contributed by atoms with E-state index < -0.39 is 0 Å². The van der Waals surface area contributed by atoms with Crippen LogP contribution in [0.1, 0.15) is 0 Å². The lowest BCUT2D eigenvalue weighted by Gasteiger charge is -2.26. The first kappa shape index (κ1) is 29.0. The van der Waals surface area contributed by atoms with Gasteiger partial charge in [-0.1, -0.05) is 115 Å². The van der Waals surface area contributed by atoms with Crippen molar-refractivity contribution in [3.8, 4) is 33.7 Å². The molecule has 240 valence electrons. The molecule has 2 aromatic heterocycles. The normalized spacial score (nSPS) is 11.5. The van der Waals surface area contributed by atoms with Crippen LogP contribution in [0.25, 0.3) is 77.5 Å². The monoisotopic (exact) mass is 654 g/mol. The van der Waals surface area contributed by atoms with Gasteiger partial charge in [-0.3, -0.25) is 0 Å². The second kappa shape index (κ2) is 11.9. The van der Waals surface area contributed by atoms with Crippen molar-refractivity contribution in [2.45, 2.75) is 0 Å². The first-order valence-corrected chi connectivity index (χ1v) is 17.1. The Morgan fingerprint density at radius 1 is 0.392 bits per heavy atom. The Morgan fingerprint density at radius 3 is 1.80 bits per heavy atom. The molecule has 0 unspecified atom stereocenters. The van der Waals surface area contributed by atoms with E-state index in [-0.39, 0.29) is 0 Å². The van der Waals surface area contributed by atoms with Crippen LogP contribution in [0.3, 0.4) is 0 Å². The van der Waals surface area contributed by atoms with Gasteiger partial charge in [-0.05, 0) is 88.1 Å². The Hall–Kier alpha value is -6.91. The lowest BCUT2D eigenvalue weighted by molar-refractivity contribution is 0.621. The Bertz CT molecular complexity index is 2840. The topological polar surface area (TPSA) is 42.4 Å². The molecule has 0 saturated carbocycles. The minimum absolute atomic E-state index is 0.619. The number of rotatable bonds is 6. The molecule has 0 N–H and O–H groups in total. The van der Waals surface area contributed by atoms with Crippen molar-refractivity contribution in [3.63, 3.8) is 0 Å². The van der Waals surface area contributed by atoms with Crippen LogP contribution in [-0.4, -0.2) is 4.98 Å². The predicted octanol–water partition coefficient (Wildman–Crippen LogP) is 13.4. The summed E-state index contributed by atoms with van der Waals surface area (Å²) in [6.45, 7) is 0. The van der Waals surface area contributed by atoms with E-state index in [0.29, 0.717) is 5.89 Å². The molecule has 0 aliphatic carbocycles. The average Bonchev–Trinajstić information content (AvgIpc) is 3.81. The molecule has 4 heteroatoms. The van der Waals surface area contributed by atoms with Gasteiger partial charge in [0.05, 0.1) is 0 Å². The van der Waals surface area contributed by atoms with Crippen LogP contribution < -0.4 is 4.90 Å². The maximum absolute atomic E-state index is 6.36. The zero-order chi connectivity index (χ0) is 33.7. The van der Waals surface area contributed by atoms with Crippen molar-refractivity contribution >= 4 is 60.9 Å². The van der Waals surface area contributed by atoms with Gasteiger partial charge in [-0.15, -0.1) is 0 Å². The smallest absolute Gasteiger partial charge is 0.227 e. The highest BCUT2D eigenvalue weighted by atomic mass is 16.3. The summed E-state index contributed by atoms with van der Waals surface area (Å²) in [5.41, 5.74) is 11.9. The van der Waals surface area contributed by atoms with E-state index in [4.69, 9.17) is 13.8 Å². The predicted molar refractivity (Wildman–Crippen MR) is 210 cm³/mol. The number of benzene rings is 8. The van der Waals surface area contributed by atoms with Crippen molar-refractivity contribution < 1.29 is 8.83 Å². The molecule has 0 bridgehead atoms. The molecule has 0 saturated heterocycles. The standard InChI is InChI=1S/C47H30N2O2/c1-2-11-34(12-3-1)47-48-43-18-9-17-40(46(43)51-47)33-22-26-36(27-23-33)49(37-28-29-42-41-15-6-7-19-44(41)50-45(42)30-37)35-24-20-32(21-25-35)39-16-8-13-31-10-4-5-14-38(31)39/h1-30H. The van der Waals surface area contributed by atoms with Gasteiger partial charge in [0.25, 0.3) is 0 Å². The van der Waals surface area contributed by atoms with Crippen LogP contribution in [0.15, 0.2) is 191 Å². The van der Waals surface area contributed by atoms with Crippen LogP contribution in [0.2, 0.25) is 0 Å². The highest BCUT2D eigenvalue weighted by Crippen LogP contribution is 2.41. The van der Waals surface area contributed by atoms with E-state index >= 15 is 0 Å². The van der Waals surface area contributed by atoms with Crippen LogP contribution in [0.4, 0.5) is 17.1 Å². The lowest BCUT2D eigenvalue weighted by Crippen LogP contribution is -2.09. The molecule has 0 radical (unpaired) electrons. The van der Waals surface area contributed by atoms with Gasteiger partial charge in [0.1, 0.15) is 16.7 Å². The van der Waals surface area contributed by atoms with Crippen molar-refractivity contribution in [1.82, 2.24) is 4.98 Å². The summed E-state index contributed by atoms with van der Waals surface area (Å²) in [6.07, 6.45) is 0. The molecule has 10 rings (SSSR count). The molecule has 0 amide bonds. The zero-order valence-electron chi connectivity index (χ0n) is 27.5. The van der Waals surface area contributed by atoms with E-state index in [1.165, 1.54) is 21.9 Å². The molecule has 10 aromatic rings. The summed E-state index contributed by atoms with van der Waals surface area (Å²) in [7, 11) is 0. The Balaban J connectivity index is 1.07. The fourth-order valence-electron chi connectivity index (χ4n) is 7.24. The molecular weight excluding hydrogens is 625 g/mol. The third-order valence-corrected chi connectivity index (χ3v) is 9.72. The number of oxazole rings is 1. The largest absolute Gasteiger partial charge is 0.456 e. The van der Waals surface area contributed by atoms with E-state index in [1.807, 2.05) is 54.6 Å². The van der Waals surface area contributed by atoms with Gasteiger partial charge >= 0.3 is 0 Å². The highest BCUT2D eigenvalue weighted by molar-refractivity contribution is 6.06. The number of hydrogen-bond donors (Lipinski definition) is 0. The van der Waals surface area contributed by atoms with Crippen LogP contribution in [-0.2, 0) is 0 Å². The van der Waals surface area contributed by atoms with Gasteiger partial charge in [-0.25, -0.2) is 4.98 Å². The van der Waals surface area contributed by atoms with Gasteiger partial charge in [0.15, 0.2) is 5.58 Å². The molecule has 0 atom stereocenters. The zero-order valence-corrected chi connectivity index (χ0v) is 27.5. The summed E-state index contributed by atoms with van der Waals surface area (Å²) in [6, 6.07) is 63.4. The van der Waals surface area contributed by atoms with E-state index in [9.17, 15) is 0 Å². The summed E-state index contributed by atoms with van der Waals surface area (Å²) in [5.74, 6) is 0.619. The Kier molecular flexibility index (Phi) is 6.78. The number of anilines is 3. The number of fused-ring (bicyclic) bond motifs is 5. The summed E-state index contributed by atoms with van der Waals surface area (Å²) < 4.78 is 12.7. The minimum Gasteiger partial charge on any atom is -0.456 e. The average molecular weight is 655 g/mol. The Labute approximate surface area is 294 Å². The molecule has 4 nitrogen and oxygen atoms in total.